The van der Waals surface area contributed by atoms with Gasteiger partial charge in [-0.1, -0.05) is 56.8 Å². The van der Waals surface area contributed by atoms with E-state index in [0.29, 0.717) is 11.8 Å². The van der Waals surface area contributed by atoms with Crippen LogP contribution in [0.15, 0.2) is 23.3 Å². The van der Waals surface area contributed by atoms with Gasteiger partial charge in [-0.05, 0) is 51.0 Å². The van der Waals surface area contributed by atoms with E-state index in [1.54, 1.807) is 0 Å². The molecule has 0 saturated heterocycles. The molecular formula is C18H30. The zero-order valence-corrected chi connectivity index (χ0v) is 13.1. The molecule has 0 amide bonds. The second kappa shape index (κ2) is 10.0. The summed E-state index contributed by atoms with van der Waals surface area (Å²) in [4.78, 5) is 0. The Morgan fingerprint density at radius 2 is 1.83 bits per heavy atom. The highest BCUT2D eigenvalue weighted by Crippen LogP contribution is 2.26. The van der Waals surface area contributed by atoms with E-state index in [9.17, 15) is 0 Å². The van der Waals surface area contributed by atoms with Crippen molar-refractivity contribution in [3.63, 3.8) is 0 Å². The largest absolute Gasteiger partial charge is 0.0985 e. The van der Waals surface area contributed by atoms with Crippen molar-refractivity contribution in [2.24, 2.45) is 11.8 Å². The van der Waals surface area contributed by atoms with Crippen molar-refractivity contribution in [3.8, 4) is 11.8 Å². The van der Waals surface area contributed by atoms with Crippen molar-refractivity contribution >= 4 is 0 Å². The molecule has 0 bridgehead atoms. The molecule has 2 atom stereocenters. The average molecular weight is 246 g/mol. The molecule has 0 aromatic carbocycles. The van der Waals surface area contributed by atoms with Gasteiger partial charge in [0.05, 0.1) is 0 Å². The zero-order valence-electron chi connectivity index (χ0n) is 13.1. The summed E-state index contributed by atoms with van der Waals surface area (Å²) in [6, 6.07) is 0. The van der Waals surface area contributed by atoms with Crippen molar-refractivity contribution in [1.29, 1.82) is 0 Å². The second-order valence-electron chi connectivity index (χ2n) is 5.20. The molecular weight excluding hydrogens is 216 g/mol. The number of rotatable bonds is 6. The Balaban J connectivity index is 4.72. The van der Waals surface area contributed by atoms with Crippen LogP contribution in [0.5, 0.6) is 0 Å². The van der Waals surface area contributed by atoms with Gasteiger partial charge in [0.15, 0.2) is 0 Å². The first kappa shape index (κ1) is 17.0. The maximum Gasteiger partial charge on any atom is 0.00896 e. The molecule has 0 heteroatoms. The van der Waals surface area contributed by atoms with Crippen molar-refractivity contribution in [1.82, 2.24) is 0 Å². The smallest absolute Gasteiger partial charge is 0.00896 e. The first-order chi connectivity index (χ1) is 8.56. The first-order valence-corrected chi connectivity index (χ1v) is 7.39. The molecule has 0 aliphatic heterocycles. The lowest BCUT2D eigenvalue weighted by molar-refractivity contribution is 0.468. The molecule has 0 spiro atoms. The van der Waals surface area contributed by atoms with Crippen LogP contribution in [0.3, 0.4) is 0 Å². The summed E-state index contributed by atoms with van der Waals surface area (Å²) in [5.41, 5.74) is 2.92. The Morgan fingerprint density at radius 1 is 1.17 bits per heavy atom. The summed E-state index contributed by atoms with van der Waals surface area (Å²) >= 11 is 0. The molecule has 0 aliphatic carbocycles. The molecule has 0 aromatic rings. The topological polar surface area (TPSA) is 0 Å². The molecule has 0 aliphatic rings. The van der Waals surface area contributed by atoms with E-state index in [1.807, 2.05) is 0 Å². The van der Waals surface area contributed by atoms with Crippen LogP contribution in [0.2, 0.25) is 0 Å². The Labute approximate surface area is 115 Å². The standard InChI is InChI=1S/C18H30/c1-7-10-11-12-13-16(5)18(9-3)17(6)14-15(4)8-2/h13-14,17-18H,7-10H2,1-6H3. The minimum atomic E-state index is 0.610. The quantitative estimate of drug-likeness (QED) is 0.413. The fourth-order valence-corrected chi connectivity index (χ4v) is 2.26. The van der Waals surface area contributed by atoms with Crippen LogP contribution in [0.1, 0.15) is 67.2 Å². The molecule has 0 N–H and O–H groups in total. The van der Waals surface area contributed by atoms with E-state index in [2.05, 4.69) is 65.5 Å². The monoisotopic (exact) mass is 246 g/mol. The van der Waals surface area contributed by atoms with Gasteiger partial charge in [0.25, 0.3) is 0 Å². The van der Waals surface area contributed by atoms with Gasteiger partial charge in [-0.25, -0.2) is 0 Å². The lowest BCUT2D eigenvalue weighted by Crippen LogP contribution is -2.10. The SMILES string of the molecule is CCCC#CC=C(C)C(CC)C(C)C=C(C)CC. The highest BCUT2D eigenvalue weighted by Gasteiger charge is 2.14. The Morgan fingerprint density at radius 3 is 2.33 bits per heavy atom. The molecule has 0 fully saturated rings. The van der Waals surface area contributed by atoms with Gasteiger partial charge in [0.1, 0.15) is 0 Å². The minimum Gasteiger partial charge on any atom is -0.0985 e. The van der Waals surface area contributed by atoms with Gasteiger partial charge >= 0.3 is 0 Å². The van der Waals surface area contributed by atoms with Crippen molar-refractivity contribution in [3.05, 3.63) is 23.3 Å². The third-order valence-electron chi connectivity index (χ3n) is 3.54. The summed E-state index contributed by atoms with van der Waals surface area (Å²) in [6.07, 6.45) is 9.03. The maximum absolute atomic E-state index is 3.19. The van der Waals surface area contributed by atoms with E-state index in [1.165, 1.54) is 17.6 Å². The number of allylic oxidation sites excluding steroid dienone is 4. The zero-order chi connectivity index (χ0) is 14.0. The molecule has 102 valence electrons. The Bertz CT molecular complexity index is 333. The van der Waals surface area contributed by atoms with E-state index in [4.69, 9.17) is 0 Å². The van der Waals surface area contributed by atoms with Crippen LogP contribution in [0.25, 0.3) is 0 Å². The minimum absolute atomic E-state index is 0.610. The Kier molecular flexibility index (Phi) is 9.47. The van der Waals surface area contributed by atoms with Crippen LogP contribution < -0.4 is 0 Å². The van der Waals surface area contributed by atoms with E-state index >= 15 is 0 Å². The van der Waals surface area contributed by atoms with E-state index in [0.717, 1.165) is 19.3 Å². The summed E-state index contributed by atoms with van der Waals surface area (Å²) in [7, 11) is 0. The van der Waals surface area contributed by atoms with Crippen molar-refractivity contribution in [2.75, 3.05) is 0 Å². The molecule has 0 aromatic heterocycles. The fraction of sp³-hybridized carbons (Fsp3) is 0.667. The van der Waals surface area contributed by atoms with Gasteiger partial charge in [-0.15, -0.1) is 0 Å². The van der Waals surface area contributed by atoms with Crippen LogP contribution in [0, 0.1) is 23.7 Å². The van der Waals surface area contributed by atoms with E-state index < -0.39 is 0 Å². The van der Waals surface area contributed by atoms with Crippen LogP contribution >= 0.6 is 0 Å². The Hall–Kier alpha value is -0.960. The molecule has 2 unspecified atom stereocenters. The first-order valence-electron chi connectivity index (χ1n) is 7.39. The number of hydrogen-bond acceptors (Lipinski definition) is 0. The predicted octanol–water partition coefficient (Wildman–Crippen LogP) is 5.75. The fourth-order valence-electron chi connectivity index (χ4n) is 2.26. The summed E-state index contributed by atoms with van der Waals surface area (Å²) in [5, 5.41) is 0. The molecule has 0 rings (SSSR count). The molecule has 18 heavy (non-hydrogen) atoms. The van der Waals surface area contributed by atoms with Crippen LogP contribution in [-0.4, -0.2) is 0 Å². The number of unbranched alkanes of at least 4 members (excludes halogenated alkanes) is 1. The normalized spacial score (nSPS) is 15.9. The molecule has 0 nitrogen and oxygen atoms in total. The van der Waals surface area contributed by atoms with Gasteiger partial charge < -0.3 is 0 Å². The third-order valence-corrected chi connectivity index (χ3v) is 3.54. The average Bonchev–Trinajstić information content (AvgIpc) is 2.35. The second-order valence-corrected chi connectivity index (χ2v) is 5.20. The summed E-state index contributed by atoms with van der Waals surface area (Å²) in [6.45, 7) is 13.4. The predicted molar refractivity (Wildman–Crippen MR) is 83.4 cm³/mol. The lowest BCUT2D eigenvalue weighted by atomic mass is 9.84. The van der Waals surface area contributed by atoms with Crippen LogP contribution in [-0.2, 0) is 0 Å². The molecule has 0 saturated carbocycles. The highest BCUT2D eigenvalue weighted by molar-refractivity contribution is 5.23. The maximum atomic E-state index is 3.19. The van der Waals surface area contributed by atoms with Crippen molar-refractivity contribution < 1.29 is 0 Å². The van der Waals surface area contributed by atoms with Crippen molar-refractivity contribution in [2.45, 2.75) is 67.2 Å². The van der Waals surface area contributed by atoms with E-state index in [-0.39, 0.29) is 0 Å². The van der Waals surface area contributed by atoms with Gasteiger partial charge in [-0.3, -0.25) is 0 Å². The number of hydrogen-bond donors (Lipinski definition) is 0. The molecule has 0 heterocycles. The van der Waals surface area contributed by atoms with Gasteiger partial charge in [0, 0.05) is 6.42 Å². The lowest BCUT2D eigenvalue weighted by Gasteiger charge is -2.21. The van der Waals surface area contributed by atoms with Gasteiger partial charge in [0.2, 0.25) is 0 Å². The summed E-state index contributed by atoms with van der Waals surface area (Å²) < 4.78 is 0. The van der Waals surface area contributed by atoms with Crippen LogP contribution in [0.4, 0.5) is 0 Å². The van der Waals surface area contributed by atoms with Gasteiger partial charge in [-0.2, -0.15) is 0 Å². The highest BCUT2D eigenvalue weighted by atomic mass is 14.2. The molecule has 0 radical (unpaired) electrons. The third kappa shape index (κ3) is 6.70. The summed E-state index contributed by atoms with van der Waals surface area (Å²) in [5.74, 6) is 7.62.